The van der Waals surface area contributed by atoms with E-state index in [0.717, 1.165) is 25.7 Å². The Morgan fingerprint density at radius 3 is 2.41 bits per heavy atom. The van der Waals surface area contributed by atoms with E-state index >= 15 is 0 Å². The highest BCUT2D eigenvalue weighted by Crippen LogP contribution is 2.12. The summed E-state index contributed by atoms with van der Waals surface area (Å²) in [6.45, 7) is 4.92. The van der Waals surface area contributed by atoms with E-state index in [1.807, 2.05) is 13.8 Å². The van der Waals surface area contributed by atoms with E-state index in [0.29, 0.717) is 24.4 Å². The van der Waals surface area contributed by atoms with Crippen LogP contribution in [0.4, 0.5) is 5.69 Å². The molecule has 0 atom stereocenters. The van der Waals surface area contributed by atoms with Gasteiger partial charge in [0.25, 0.3) is 11.5 Å². The molecule has 0 aliphatic rings. The van der Waals surface area contributed by atoms with Gasteiger partial charge in [-0.25, -0.2) is 9.48 Å². The molecule has 1 aromatic heterocycles. The zero-order valence-corrected chi connectivity index (χ0v) is 15.7. The molecule has 0 unspecified atom stereocenters. The lowest BCUT2D eigenvalue weighted by Crippen LogP contribution is -2.26. The molecule has 0 aliphatic heterocycles. The number of ether oxygens (including phenoxy) is 1. The molecule has 0 spiro atoms. The molecular formula is C20H25N3O4. The second kappa shape index (κ2) is 10.3. The average molecular weight is 371 g/mol. The van der Waals surface area contributed by atoms with Gasteiger partial charge in [-0.3, -0.25) is 9.59 Å². The van der Waals surface area contributed by atoms with Crippen molar-refractivity contribution in [3.05, 3.63) is 58.0 Å². The Labute approximate surface area is 158 Å². The molecule has 1 heterocycles. The van der Waals surface area contributed by atoms with Gasteiger partial charge >= 0.3 is 5.97 Å². The summed E-state index contributed by atoms with van der Waals surface area (Å²) in [6, 6.07) is 9.19. The van der Waals surface area contributed by atoms with Crippen molar-refractivity contribution in [2.24, 2.45) is 0 Å². The minimum Gasteiger partial charge on any atom is -0.462 e. The van der Waals surface area contributed by atoms with Gasteiger partial charge in [-0.2, -0.15) is 5.10 Å². The van der Waals surface area contributed by atoms with Crippen molar-refractivity contribution in [2.45, 2.75) is 46.1 Å². The lowest BCUT2D eigenvalue weighted by molar-refractivity contribution is 0.0499. The van der Waals surface area contributed by atoms with Crippen LogP contribution < -0.4 is 10.9 Å². The molecule has 2 aromatic rings. The summed E-state index contributed by atoms with van der Waals surface area (Å²) in [5, 5.41) is 6.82. The molecule has 0 saturated heterocycles. The first-order chi connectivity index (χ1) is 13.0. The molecule has 1 aromatic carbocycles. The van der Waals surface area contributed by atoms with Crippen molar-refractivity contribution < 1.29 is 14.3 Å². The number of esters is 1. The van der Waals surface area contributed by atoms with Crippen molar-refractivity contribution in [3.8, 4) is 0 Å². The third-order valence-corrected chi connectivity index (χ3v) is 3.93. The molecule has 144 valence electrons. The van der Waals surface area contributed by atoms with Crippen molar-refractivity contribution in [1.29, 1.82) is 0 Å². The highest BCUT2D eigenvalue weighted by atomic mass is 16.5. The molecule has 0 saturated carbocycles. The van der Waals surface area contributed by atoms with Crippen molar-refractivity contribution >= 4 is 17.6 Å². The first kappa shape index (κ1) is 20.4. The van der Waals surface area contributed by atoms with Crippen LogP contribution in [-0.4, -0.2) is 28.3 Å². The summed E-state index contributed by atoms with van der Waals surface area (Å²) < 4.78 is 6.45. The number of aromatic nitrogens is 2. The fraction of sp³-hybridized carbons (Fsp3) is 0.400. The van der Waals surface area contributed by atoms with Gasteiger partial charge in [-0.1, -0.05) is 26.7 Å². The summed E-state index contributed by atoms with van der Waals surface area (Å²) >= 11 is 0. The number of rotatable bonds is 9. The Morgan fingerprint density at radius 1 is 1.04 bits per heavy atom. The van der Waals surface area contributed by atoms with Gasteiger partial charge in [-0.15, -0.1) is 0 Å². The van der Waals surface area contributed by atoms with E-state index in [4.69, 9.17) is 4.74 Å². The number of benzene rings is 1. The number of unbranched alkanes of at least 4 members (excludes halogenated alkanes) is 2. The molecule has 1 N–H and O–H groups in total. The Bertz CT molecular complexity index is 828. The lowest BCUT2D eigenvalue weighted by atomic mass is 10.2. The molecule has 7 heteroatoms. The lowest BCUT2D eigenvalue weighted by Gasteiger charge is -2.08. The van der Waals surface area contributed by atoms with Crippen LogP contribution in [0.5, 0.6) is 0 Å². The Hall–Kier alpha value is -2.96. The molecule has 1 amide bonds. The summed E-state index contributed by atoms with van der Waals surface area (Å²) in [5.41, 5.74) is 0.883. The zero-order valence-electron chi connectivity index (χ0n) is 15.7. The smallest absolute Gasteiger partial charge is 0.338 e. The van der Waals surface area contributed by atoms with Crippen molar-refractivity contribution in [1.82, 2.24) is 9.78 Å². The number of carbonyl (C=O) groups excluding carboxylic acids is 2. The highest BCUT2D eigenvalue weighted by molar-refractivity contribution is 6.03. The zero-order chi connectivity index (χ0) is 19.6. The van der Waals surface area contributed by atoms with Gasteiger partial charge in [0.1, 0.15) is 5.69 Å². The maximum atomic E-state index is 12.4. The van der Waals surface area contributed by atoms with Crippen LogP contribution in [0.2, 0.25) is 0 Å². The fourth-order valence-electron chi connectivity index (χ4n) is 2.32. The third-order valence-electron chi connectivity index (χ3n) is 3.93. The van der Waals surface area contributed by atoms with E-state index in [2.05, 4.69) is 10.4 Å². The van der Waals surface area contributed by atoms with Crippen LogP contribution in [0.25, 0.3) is 0 Å². The number of nitrogens with one attached hydrogen (secondary N) is 1. The number of anilines is 1. The van der Waals surface area contributed by atoms with E-state index in [1.165, 1.54) is 16.8 Å². The van der Waals surface area contributed by atoms with Gasteiger partial charge in [0.2, 0.25) is 0 Å². The predicted octanol–water partition coefficient (Wildman–Crippen LogP) is 3.25. The minimum atomic E-state index is -0.418. The van der Waals surface area contributed by atoms with E-state index in [-0.39, 0.29) is 17.2 Å². The second-order valence-electron chi connectivity index (χ2n) is 6.15. The maximum absolute atomic E-state index is 12.4. The molecule has 27 heavy (non-hydrogen) atoms. The van der Waals surface area contributed by atoms with Gasteiger partial charge in [0.15, 0.2) is 0 Å². The van der Waals surface area contributed by atoms with Crippen LogP contribution in [-0.2, 0) is 11.3 Å². The number of aryl methyl sites for hydroxylation is 1. The Morgan fingerprint density at radius 2 is 1.74 bits per heavy atom. The van der Waals surface area contributed by atoms with Gasteiger partial charge < -0.3 is 10.1 Å². The summed E-state index contributed by atoms with van der Waals surface area (Å²) in [6.07, 6.45) is 3.52. The van der Waals surface area contributed by atoms with Gasteiger partial charge in [-0.05, 0) is 43.2 Å². The topological polar surface area (TPSA) is 90.3 Å². The number of amides is 1. The molecule has 0 bridgehead atoms. The minimum absolute atomic E-state index is 0.161. The fourth-order valence-corrected chi connectivity index (χ4v) is 2.32. The molecule has 2 rings (SSSR count). The van der Waals surface area contributed by atoms with Gasteiger partial charge in [0, 0.05) is 18.3 Å². The maximum Gasteiger partial charge on any atom is 0.338 e. The monoisotopic (exact) mass is 371 g/mol. The number of carbonyl (C=O) groups is 2. The standard InChI is InChI=1S/C20H25N3O4/c1-3-5-13-23-18(24)12-11-17(22-23)19(25)21-16-9-7-15(8-10-16)20(26)27-14-6-4-2/h7-12H,3-6,13-14H2,1-2H3,(H,21,25). The molecule has 0 aliphatic carbocycles. The highest BCUT2D eigenvalue weighted by Gasteiger charge is 2.11. The van der Waals surface area contributed by atoms with Crippen LogP contribution in [0, 0.1) is 0 Å². The van der Waals surface area contributed by atoms with E-state index in [9.17, 15) is 14.4 Å². The van der Waals surface area contributed by atoms with Gasteiger partial charge in [0.05, 0.1) is 12.2 Å². The molecule has 7 nitrogen and oxygen atoms in total. The third kappa shape index (κ3) is 6.06. The van der Waals surface area contributed by atoms with Crippen LogP contribution >= 0.6 is 0 Å². The van der Waals surface area contributed by atoms with Crippen molar-refractivity contribution in [3.63, 3.8) is 0 Å². The number of nitrogens with zero attached hydrogens (tertiary/aromatic N) is 2. The first-order valence-electron chi connectivity index (χ1n) is 9.21. The summed E-state index contributed by atoms with van der Waals surface area (Å²) in [4.78, 5) is 36.0. The second-order valence-corrected chi connectivity index (χ2v) is 6.15. The Balaban J connectivity index is 2.01. The molecule has 0 fully saturated rings. The number of hydrogen-bond acceptors (Lipinski definition) is 5. The SMILES string of the molecule is CCCCOC(=O)c1ccc(NC(=O)c2ccc(=O)n(CCCC)n2)cc1. The van der Waals surface area contributed by atoms with Crippen LogP contribution in [0.15, 0.2) is 41.2 Å². The average Bonchev–Trinajstić information content (AvgIpc) is 2.68. The Kier molecular flexibility index (Phi) is 7.73. The first-order valence-corrected chi connectivity index (χ1v) is 9.21. The predicted molar refractivity (Wildman–Crippen MR) is 103 cm³/mol. The number of hydrogen-bond donors (Lipinski definition) is 1. The molecular weight excluding hydrogens is 346 g/mol. The summed E-state index contributed by atoms with van der Waals surface area (Å²) in [5.74, 6) is -0.801. The quantitative estimate of drug-likeness (QED) is 0.540. The van der Waals surface area contributed by atoms with Crippen molar-refractivity contribution in [2.75, 3.05) is 11.9 Å². The molecule has 0 radical (unpaired) electrons. The normalized spacial score (nSPS) is 10.4. The van der Waals surface area contributed by atoms with Crippen LogP contribution in [0.1, 0.15) is 60.4 Å². The van der Waals surface area contributed by atoms with Crippen LogP contribution in [0.3, 0.4) is 0 Å². The van der Waals surface area contributed by atoms with E-state index in [1.54, 1.807) is 24.3 Å². The summed E-state index contributed by atoms with van der Waals surface area (Å²) in [7, 11) is 0. The largest absolute Gasteiger partial charge is 0.462 e. The van der Waals surface area contributed by atoms with E-state index < -0.39 is 5.91 Å².